The van der Waals surface area contributed by atoms with Crippen LogP contribution in [0.3, 0.4) is 0 Å². The van der Waals surface area contributed by atoms with Gasteiger partial charge in [0.15, 0.2) is 0 Å². The number of methoxy groups -OCH3 is 1. The number of ether oxygens (including phenoxy) is 2. The van der Waals surface area contributed by atoms with Gasteiger partial charge >= 0.3 is 5.97 Å². The molecule has 0 N–H and O–H groups in total. The Morgan fingerprint density at radius 2 is 2.06 bits per heavy atom. The van der Waals surface area contributed by atoms with Crippen LogP contribution < -0.4 is 4.74 Å². The third-order valence-electron chi connectivity index (χ3n) is 2.16. The summed E-state index contributed by atoms with van der Waals surface area (Å²) in [5.41, 5.74) is 0.620. The molecule has 0 amide bonds. The number of nitriles is 1. The summed E-state index contributed by atoms with van der Waals surface area (Å²) in [4.78, 5) is 10.8. The van der Waals surface area contributed by atoms with E-state index in [0.717, 1.165) is 17.3 Å². The van der Waals surface area contributed by atoms with E-state index in [1.54, 1.807) is 36.0 Å². The molecule has 0 bridgehead atoms. The summed E-state index contributed by atoms with van der Waals surface area (Å²) >= 11 is 1.65. The van der Waals surface area contributed by atoms with Crippen LogP contribution in [-0.2, 0) is 9.53 Å². The van der Waals surface area contributed by atoms with Crippen molar-refractivity contribution in [2.75, 3.05) is 25.2 Å². The quantitative estimate of drug-likeness (QED) is 0.559. The fourth-order valence-corrected chi connectivity index (χ4v) is 1.92. The fraction of sp³-hybridized carbons (Fsp3) is 0.385. The Morgan fingerprint density at radius 1 is 1.33 bits per heavy atom. The smallest absolute Gasteiger partial charge is 0.306 e. The molecule has 4 nitrogen and oxygen atoms in total. The van der Waals surface area contributed by atoms with Gasteiger partial charge in [0, 0.05) is 11.5 Å². The molecular weight excluding hydrogens is 250 g/mol. The van der Waals surface area contributed by atoms with Gasteiger partial charge < -0.3 is 9.47 Å². The lowest BCUT2D eigenvalue weighted by Crippen LogP contribution is -2.04. The van der Waals surface area contributed by atoms with E-state index in [1.165, 1.54) is 7.11 Å². The first-order chi connectivity index (χ1) is 8.76. The molecule has 0 spiro atoms. The molecule has 0 aliphatic heterocycles. The summed E-state index contributed by atoms with van der Waals surface area (Å²) in [6.45, 7) is 0.581. The van der Waals surface area contributed by atoms with Gasteiger partial charge in [0.2, 0.25) is 0 Å². The first-order valence-electron chi connectivity index (χ1n) is 5.54. The number of esters is 1. The molecule has 0 atom stereocenters. The van der Waals surface area contributed by atoms with Crippen LogP contribution in [0.15, 0.2) is 24.3 Å². The summed E-state index contributed by atoms with van der Waals surface area (Å²) in [6.07, 6.45) is 0.429. The van der Waals surface area contributed by atoms with Gasteiger partial charge in [0.1, 0.15) is 5.75 Å². The van der Waals surface area contributed by atoms with E-state index < -0.39 is 0 Å². The maximum atomic E-state index is 10.8. The number of rotatable bonds is 7. The van der Waals surface area contributed by atoms with Crippen LogP contribution in [0.2, 0.25) is 0 Å². The highest BCUT2D eigenvalue weighted by molar-refractivity contribution is 7.99. The summed E-state index contributed by atoms with van der Waals surface area (Å²) in [5, 5.41) is 8.63. The Morgan fingerprint density at radius 3 is 2.67 bits per heavy atom. The van der Waals surface area contributed by atoms with E-state index in [4.69, 9.17) is 10.00 Å². The van der Waals surface area contributed by atoms with E-state index in [2.05, 4.69) is 10.8 Å². The highest BCUT2D eigenvalue weighted by Crippen LogP contribution is 2.12. The van der Waals surface area contributed by atoms with Crippen molar-refractivity contribution in [3.05, 3.63) is 29.8 Å². The van der Waals surface area contributed by atoms with Gasteiger partial charge in [-0.25, -0.2) is 0 Å². The molecule has 1 aromatic rings. The Balaban J connectivity index is 2.10. The van der Waals surface area contributed by atoms with Gasteiger partial charge in [-0.15, -0.1) is 0 Å². The number of hydrogen-bond acceptors (Lipinski definition) is 5. The van der Waals surface area contributed by atoms with Crippen molar-refractivity contribution in [2.45, 2.75) is 6.42 Å². The molecule has 0 saturated heterocycles. The lowest BCUT2D eigenvalue weighted by Gasteiger charge is -2.05. The first-order valence-corrected chi connectivity index (χ1v) is 6.69. The molecule has 0 aromatic heterocycles. The number of hydrogen-bond donors (Lipinski definition) is 0. The molecule has 0 radical (unpaired) electrons. The molecule has 0 aliphatic rings. The Hall–Kier alpha value is -1.67. The minimum Gasteiger partial charge on any atom is -0.493 e. The third kappa shape index (κ3) is 5.60. The molecule has 0 heterocycles. The Kier molecular flexibility index (Phi) is 6.74. The molecular formula is C13H15NO3S. The van der Waals surface area contributed by atoms with E-state index in [9.17, 15) is 4.79 Å². The van der Waals surface area contributed by atoms with Gasteiger partial charge in [-0.1, -0.05) is 0 Å². The van der Waals surface area contributed by atoms with Gasteiger partial charge in [-0.3, -0.25) is 4.79 Å². The van der Waals surface area contributed by atoms with E-state index in [0.29, 0.717) is 18.6 Å². The monoisotopic (exact) mass is 265 g/mol. The van der Waals surface area contributed by atoms with E-state index in [-0.39, 0.29) is 5.97 Å². The van der Waals surface area contributed by atoms with Crippen LogP contribution in [0, 0.1) is 11.3 Å². The van der Waals surface area contributed by atoms with Crippen LogP contribution in [0.1, 0.15) is 12.0 Å². The van der Waals surface area contributed by atoms with Crippen LogP contribution in [0.4, 0.5) is 0 Å². The average molecular weight is 265 g/mol. The van der Waals surface area contributed by atoms with Crippen molar-refractivity contribution in [1.29, 1.82) is 5.26 Å². The standard InChI is InChI=1S/C13H15NO3S/c1-16-13(15)6-8-18-9-7-17-12-4-2-11(10-14)3-5-12/h2-5H,6-9H2,1H3. The third-order valence-corrected chi connectivity index (χ3v) is 3.11. The van der Waals surface area contributed by atoms with Crippen LogP contribution in [0.25, 0.3) is 0 Å². The summed E-state index contributed by atoms with van der Waals surface area (Å²) in [6, 6.07) is 9.05. The zero-order valence-corrected chi connectivity index (χ0v) is 11.0. The van der Waals surface area contributed by atoms with Gasteiger partial charge in [-0.05, 0) is 24.3 Å². The van der Waals surface area contributed by atoms with Crippen LogP contribution in [0.5, 0.6) is 5.75 Å². The highest BCUT2D eigenvalue weighted by atomic mass is 32.2. The number of nitrogens with zero attached hydrogens (tertiary/aromatic N) is 1. The molecule has 0 saturated carbocycles. The minimum atomic E-state index is -0.185. The minimum absolute atomic E-state index is 0.185. The predicted molar refractivity (Wildman–Crippen MR) is 70.6 cm³/mol. The second kappa shape index (κ2) is 8.43. The molecule has 0 fully saturated rings. The van der Waals surface area contributed by atoms with Gasteiger partial charge in [0.05, 0.1) is 31.8 Å². The van der Waals surface area contributed by atoms with Crippen molar-refractivity contribution < 1.29 is 14.3 Å². The normalized spacial score (nSPS) is 9.56. The maximum absolute atomic E-state index is 10.8. The largest absolute Gasteiger partial charge is 0.493 e. The van der Waals surface area contributed by atoms with Crippen molar-refractivity contribution in [1.82, 2.24) is 0 Å². The number of carbonyl (C=O) groups excluding carboxylic acids is 1. The van der Waals surface area contributed by atoms with Crippen molar-refractivity contribution >= 4 is 17.7 Å². The number of benzene rings is 1. The molecule has 0 unspecified atom stereocenters. The van der Waals surface area contributed by atoms with Crippen molar-refractivity contribution in [3.8, 4) is 11.8 Å². The zero-order chi connectivity index (χ0) is 13.2. The molecule has 18 heavy (non-hydrogen) atoms. The molecule has 1 aromatic carbocycles. The molecule has 5 heteroatoms. The molecule has 96 valence electrons. The van der Waals surface area contributed by atoms with E-state index in [1.807, 2.05) is 0 Å². The Bertz CT molecular complexity index is 411. The van der Waals surface area contributed by atoms with Gasteiger partial charge in [0.25, 0.3) is 0 Å². The zero-order valence-electron chi connectivity index (χ0n) is 10.2. The highest BCUT2D eigenvalue weighted by Gasteiger charge is 1.99. The molecule has 0 aliphatic carbocycles. The topological polar surface area (TPSA) is 59.3 Å². The average Bonchev–Trinajstić information content (AvgIpc) is 2.43. The molecule has 1 rings (SSSR count). The second-order valence-corrected chi connectivity index (χ2v) is 4.65. The summed E-state index contributed by atoms with van der Waals surface area (Å²) in [7, 11) is 1.39. The summed E-state index contributed by atoms with van der Waals surface area (Å²) < 4.78 is 10.0. The van der Waals surface area contributed by atoms with Crippen molar-refractivity contribution in [3.63, 3.8) is 0 Å². The lowest BCUT2D eigenvalue weighted by atomic mass is 10.2. The van der Waals surface area contributed by atoms with Gasteiger partial charge in [-0.2, -0.15) is 17.0 Å². The Labute approximate surface area is 111 Å². The predicted octanol–water partition coefficient (Wildman–Crippen LogP) is 2.23. The fourth-order valence-electron chi connectivity index (χ4n) is 1.20. The first kappa shape index (κ1) is 14.4. The summed E-state index contributed by atoms with van der Waals surface area (Å²) in [5.74, 6) is 2.12. The van der Waals surface area contributed by atoms with Crippen LogP contribution >= 0.6 is 11.8 Å². The van der Waals surface area contributed by atoms with E-state index >= 15 is 0 Å². The lowest BCUT2D eigenvalue weighted by molar-refractivity contribution is -0.140. The van der Waals surface area contributed by atoms with Crippen LogP contribution in [-0.4, -0.2) is 31.2 Å². The second-order valence-electron chi connectivity index (χ2n) is 3.42. The SMILES string of the molecule is COC(=O)CCSCCOc1ccc(C#N)cc1. The number of carbonyl (C=O) groups is 1. The van der Waals surface area contributed by atoms with Crippen molar-refractivity contribution in [2.24, 2.45) is 0 Å². The maximum Gasteiger partial charge on any atom is 0.306 e. The number of thioether (sulfide) groups is 1.